The second kappa shape index (κ2) is 7.66. The molecule has 0 aromatic carbocycles. The van der Waals surface area contributed by atoms with Gasteiger partial charge in [0.1, 0.15) is 10.7 Å². The zero-order chi connectivity index (χ0) is 18.7. The average molecular weight is 365 g/mol. The number of hydrogen-bond donors (Lipinski definition) is 1. The molecule has 0 radical (unpaired) electrons. The van der Waals surface area contributed by atoms with Gasteiger partial charge in [0.25, 0.3) is 0 Å². The first kappa shape index (κ1) is 19.6. The second-order valence-corrected chi connectivity index (χ2v) is 9.13. The molecule has 1 aliphatic rings. The van der Waals surface area contributed by atoms with Crippen LogP contribution in [0.5, 0.6) is 0 Å². The highest BCUT2D eigenvalue weighted by Crippen LogP contribution is 2.33. The van der Waals surface area contributed by atoms with E-state index in [9.17, 15) is 8.42 Å². The standard InChI is InChI=1S/C18H28N4O2S/c1-6-22(7-2)25(23,24)16-8-9-17(19-13-16)21-20-15-10-14(3)11-18(4,5)12-15/h8-10,13H,6-7,11-12H2,1-5H3,(H,19,21)/b20-15+. The third kappa shape index (κ3) is 4.89. The van der Waals surface area contributed by atoms with Crippen molar-refractivity contribution in [1.29, 1.82) is 0 Å². The molecule has 0 aliphatic heterocycles. The van der Waals surface area contributed by atoms with Crippen LogP contribution in [-0.4, -0.2) is 36.5 Å². The molecule has 0 saturated carbocycles. The molecule has 1 aromatic heterocycles. The third-order valence-electron chi connectivity index (χ3n) is 4.22. The highest BCUT2D eigenvalue weighted by atomic mass is 32.2. The van der Waals surface area contributed by atoms with Crippen molar-refractivity contribution in [2.24, 2.45) is 10.5 Å². The lowest BCUT2D eigenvalue weighted by Crippen LogP contribution is -2.30. The van der Waals surface area contributed by atoms with Crippen molar-refractivity contribution < 1.29 is 8.42 Å². The molecule has 0 saturated heterocycles. The molecule has 1 aliphatic carbocycles. The molecule has 7 heteroatoms. The molecule has 0 bridgehead atoms. The lowest BCUT2D eigenvalue weighted by Gasteiger charge is -2.29. The van der Waals surface area contributed by atoms with Crippen LogP contribution < -0.4 is 5.43 Å². The van der Waals surface area contributed by atoms with Crippen LogP contribution in [0.15, 0.2) is 40.0 Å². The summed E-state index contributed by atoms with van der Waals surface area (Å²) in [7, 11) is -3.48. The van der Waals surface area contributed by atoms with Crippen LogP contribution >= 0.6 is 0 Å². The summed E-state index contributed by atoms with van der Waals surface area (Å²) in [5.41, 5.74) is 5.43. The summed E-state index contributed by atoms with van der Waals surface area (Å²) in [4.78, 5) is 4.39. The molecular weight excluding hydrogens is 336 g/mol. The number of nitrogens with zero attached hydrogens (tertiary/aromatic N) is 3. The maximum atomic E-state index is 12.4. The molecule has 0 spiro atoms. The van der Waals surface area contributed by atoms with Crippen LogP contribution in [0, 0.1) is 5.41 Å². The Labute approximate surface area is 151 Å². The second-order valence-electron chi connectivity index (χ2n) is 7.19. The quantitative estimate of drug-likeness (QED) is 0.782. The minimum atomic E-state index is -3.48. The Balaban J connectivity index is 2.14. The molecule has 1 aromatic rings. The van der Waals surface area contributed by atoms with Crippen LogP contribution in [0.3, 0.4) is 0 Å². The number of rotatable bonds is 6. The summed E-state index contributed by atoms with van der Waals surface area (Å²) >= 11 is 0. The van der Waals surface area contributed by atoms with Gasteiger partial charge in [0.05, 0.1) is 5.71 Å². The Morgan fingerprint density at radius 1 is 1.24 bits per heavy atom. The van der Waals surface area contributed by atoms with E-state index in [1.54, 1.807) is 12.1 Å². The fourth-order valence-electron chi connectivity index (χ4n) is 3.21. The fourth-order valence-corrected chi connectivity index (χ4v) is 4.61. The van der Waals surface area contributed by atoms with Crippen LogP contribution in [0.1, 0.15) is 47.5 Å². The molecule has 1 heterocycles. The van der Waals surface area contributed by atoms with E-state index in [0.717, 1.165) is 18.6 Å². The fraction of sp³-hybridized carbons (Fsp3) is 0.556. The average Bonchev–Trinajstić information content (AvgIpc) is 2.52. The number of anilines is 1. The summed E-state index contributed by atoms with van der Waals surface area (Å²) in [5, 5.41) is 4.43. The Hall–Kier alpha value is -1.73. The van der Waals surface area contributed by atoms with E-state index in [-0.39, 0.29) is 10.3 Å². The topological polar surface area (TPSA) is 74.7 Å². The first-order valence-electron chi connectivity index (χ1n) is 8.64. The van der Waals surface area contributed by atoms with E-state index in [1.807, 2.05) is 13.8 Å². The Morgan fingerprint density at radius 2 is 1.92 bits per heavy atom. The monoisotopic (exact) mass is 364 g/mol. The Morgan fingerprint density at radius 3 is 2.44 bits per heavy atom. The van der Waals surface area contributed by atoms with E-state index in [2.05, 4.69) is 42.4 Å². The van der Waals surface area contributed by atoms with Gasteiger partial charge in [0, 0.05) is 19.3 Å². The van der Waals surface area contributed by atoms with Gasteiger partial charge < -0.3 is 0 Å². The smallest absolute Gasteiger partial charge is 0.244 e. The summed E-state index contributed by atoms with van der Waals surface area (Å²) in [6.07, 6.45) is 5.44. The SMILES string of the molecule is CCN(CC)S(=O)(=O)c1ccc(N/N=C2\C=C(C)CC(C)(C)C2)nc1. The first-order valence-corrected chi connectivity index (χ1v) is 10.1. The van der Waals surface area contributed by atoms with Gasteiger partial charge in [-0.15, -0.1) is 0 Å². The van der Waals surface area contributed by atoms with Gasteiger partial charge in [-0.05, 0) is 43.4 Å². The minimum absolute atomic E-state index is 0.198. The molecule has 2 rings (SSSR count). The predicted molar refractivity (Wildman–Crippen MR) is 102 cm³/mol. The highest BCUT2D eigenvalue weighted by molar-refractivity contribution is 7.89. The van der Waals surface area contributed by atoms with Crippen LogP contribution in [-0.2, 0) is 10.0 Å². The summed E-state index contributed by atoms with van der Waals surface area (Å²) < 4.78 is 26.3. The number of allylic oxidation sites excluding steroid dienone is 2. The highest BCUT2D eigenvalue weighted by Gasteiger charge is 2.25. The molecule has 0 fully saturated rings. The van der Waals surface area contributed by atoms with Crippen LogP contribution in [0.2, 0.25) is 0 Å². The van der Waals surface area contributed by atoms with Crippen molar-refractivity contribution in [2.75, 3.05) is 18.5 Å². The van der Waals surface area contributed by atoms with Gasteiger partial charge in [-0.1, -0.05) is 33.3 Å². The molecular formula is C18H28N4O2S. The summed E-state index contributed by atoms with van der Waals surface area (Å²) in [6, 6.07) is 3.21. The van der Waals surface area contributed by atoms with E-state index < -0.39 is 10.0 Å². The number of sulfonamides is 1. The normalized spacial score (nSPS) is 19.1. The van der Waals surface area contributed by atoms with Gasteiger partial charge >= 0.3 is 0 Å². The lowest BCUT2D eigenvalue weighted by atomic mass is 9.77. The third-order valence-corrected chi connectivity index (χ3v) is 6.26. The van der Waals surface area contributed by atoms with Crippen molar-refractivity contribution in [3.63, 3.8) is 0 Å². The van der Waals surface area contributed by atoms with Crippen molar-refractivity contribution >= 4 is 21.6 Å². The Bertz CT molecular complexity index is 761. The number of hydrazone groups is 1. The van der Waals surface area contributed by atoms with Gasteiger partial charge in [0.15, 0.2) is 0 Å². The van der Waals surface area contributed by atoms with Gasteiger partial charge in [-0.2, -0.15) is 9.41 Å². The molecule has 1 N–H and O–H groups in total. The molecule has 6 nitrogen and oxygen atoms in total. The van der Waals surface area contributed by atoms with Gasteiger partial charge in [0.2, 0.25) is 10.0 Å². The van der Waals surface area contributed by atoms with Crippen molar-refractivity contribution in [1.82, 2.24) is 9.29 Å². The van der Waals surface area contributed by atoms with E-state index >= 15 is 0 Å². The largest absolute Gasteiger partial charge is 0.261 e. The van der Waals surface area contributed by atoms with Gasteiger partial charge in [-0.3, -0.25) is 5.43 Å². The lowest BCUT2D eigenvalue weighted by molar-refractivity contribution is 0.373. The minimum Gasteiger partial charge on any atom is -0.261 e. The Kier molecular flexibility index (Phi) is 6.00. The van der Waals surface area contributed by atoms with Crippen LogP contribution in [0.4, 0.5) is 5.82 Å². The zero-order valence-corrected chi connectivity index (χ0v) is 16.5. The predicted octanol–water partition coefficient (Wildman–Crippen LogP) is 3.65. The molecule has 0 atom stereocenters. The number of hydrogen-bond acceptors (Lipinski definition) is 5. The maximum absolute atomic E-state index is 12.4. The summed E-state index contributed by atoms with van der Waals surface area (Å²) in [6.45, 7) is 11.1. The van der Waals surface area contributed by atoms with E-state index in [1.165, 1.54) is 16.1 Å². The van der Waals surface area contributed by atoms with E-state index in [4.69, 9.17) is 0 Å². The van der Waals surface area contributed by atoms with Crippen molar-refractivity contribution in [3.05, 3.63) is 30.0 Å². The zero-order valence-electron chi connectivity index (χ0n) is 15.7. The molecule has 0 amide bonds. The van der Waals surface area contributed by atoms with E-state index in [0.29, 0.717) is 18.9 Å². The summed E-state index contributed by atoms with van der Waals surface area (Å²) in [5.74, 6) is 0.528. The number of aromatic nitrogens is 1. The maximum Gasteiger partial charge on any atom is 0.244 e. The van der Waals surface area contributed by atoms with Crippen LogP contribution in [0.25, 0.3) is 0 Å². The van der Waals surface area contributed by atoms with Crippen molar-refractivity contribution in [2.45, 2.75) is 52.4 Å². The molecule has 138 valence electrons. The number of nitrogens with one attached hydrogen (secondary N) is 1. The number of pyridine rings is 1. The molecule has 25 heavy (non-hydrogen) atoms. The molecule has 0 unspecified atom stereocenters. The van der Waals surface area contributed by atoms with Gasteiger partial charge in [-0.25, -0.2) is 13.4 Å². The first-order chi connectivity index (χ1) is 11.7. The van der Waals surface area contributed by atoms with Crippen molar-refractivity contribution in [3.8, 4) is 0 Å².